The first-order valence-electron chi connectivity index (χ1n) is 7.29. The molecule has 1 aromatic carbocycles. The SMILES string of the molecule is Cc1cnccc1CNC1CCCOc2cc(Br)ccc21. The van der Waals surface area contributed by atoms with E-state index in [-0.39, 0.29) is 0 Å². The van der Waals surface area contributed by atoms with Crippen LogP contribution >= 0.6 is 15.9 Å². The molecule has 0 amide bonds. The van der Waals surface area contributed by atoms with Crippen LogP contribution in [0.2, 0.25) is 0 Å². The molecule has 0 fully saturated rings. The lowest BCUT2D eigenvalue weighted by Crippen LogP contribution is -2.21. The Labute approximate surface area is 133 Å². The number of nitrogens with one attached hydrogen (secondary N) is 1. The largest absolute Gasteiger partial charge is 0.493 e. The predicted molar refractivity (Wildman–Crippen MR) is 87.4 cm³/mol. The summed E-state index contributed by atoms with van der Waals surface area (Å²) in [5.74, 6) is 0.992. The minimum absolute atomic E-state index is 0.336. The molecule has 1 N–H and O–H groups in total. The van der Waals surface area contributed by atoms with Crippen molar-refractivity contribution < 1.29 is 4.74 Å². The lowest BCUT2D eigenvalue weighted by molar-refractivity contribution is 0.315. The van der Waals surface area contributed by atoms with Gasteiger partial charge in [-0.3, -0.25) is 4.98 Å². The topological polar surface area (TPSA) is 34.2 Å². The second kappa shape index (κ2) is 6.58. The second-order valence-corrected chi connectivity index (χ2v) is 6.32. The summed E-state index contributed by atoms with van der Waals surface area (Å²) in [5.41, 5.74) is 3.78. The Bertz CT molecular complexity index is 630. The molecule has 0 aliphatic carbocycles. The highest BCUT2D eigenvalue weighted by Crippen LogP contribution is 2.33. The molecule has 0 saturated carbocycles. The van der Waals surface area contributed by atoms with Gasteiger partial charge in [0, 0.05) is 35.0 Å². The normalized spacial score (nSPS) is 17.7. The minimum Gasteiger partial charge on any atom is -0.493 e. The maximum Gasteiger partial charge on any atom is 0.125 e. The highest BCUT2D eigenvalue weighted by molar-refractivity contribution is 9.10. The summed E-state index contributed by atoms with van der Waals surface area (Å²) in [6.07, 6.45) is 5.93. The summed E-state index contributed by atoms with van der Waals surface area (Å²) < 4.78 is 6.92. The van der Waals surface area contributed by atoms with Gasteiger partial charge in [-0.2, -0.15) is 0 Å². The fourth-order valence-corrected chi connectivity index (χ4v) is 3.03. The molecule has 1 aromatic heterocycles. The van der Waals surface area contributed by atoms with E-state index < -0.39 is 0 Å². The maximum absolute atomic E-state index is 5.86. The summed E-state index contributed by atoms with van der Waals surface area (Å²) in [7, 11) is 0. The smallest absolute Gasteiger partial charge is 0.125 e. The summed E-state index contributed by atoms with van der Waals surface area (Å²) in [4.78, 5) is 4.15. The van der Waals surface area contributed by atoms with E-state index in [2.05, 4.69) is 57.4 Å². The van der Waals surface area contributed by atoms with Gasteiger partial charge in [-0.05, 0) is 49.1 Å². The Balaban J connectivity index is 1.78. The molecule has 21 heavy (non-hydrogen) atoms. The number of halogens is 1. The van der Waals surface area contributed by atoms with E-state index >= 15 is 0 Å². The second-order valence-electron chi connectivity index (χ2n) is 5.41. The molecule has 3 nitrogen and oxygen atoms in total. The van der Waals surface area contributed by atoms with Crippen LogP contribution in [0.25, 0.3) is 0 Å². The van der Waals surface area contributed by atoms with Crippen molar-refractivity contribution in [1.29, 1.82) is 0 Å². The van der Waals surface area contributed by atoms with Crippen molar-refractivity contribution in [3.63, 3.8) is 0 Å². The molecule has 2 heterocycles. The predicted octanol–water partition coefficient (Wildman–Crippen LogP) is 4.16. The van der Waals surface area contributed by atoms with E-state index in [0.29, 0.717) is 6.04 Å². The lowest BCUT2D eigenvalue weighted by Gasteiger charge is -2.19. The number of aryl methyl sites for hydroxylation is 1. The molecule has 0 radical (unpaired) electrons. The minimum atomic E-state index is 0.336. The van der Waals surface area contributed by atoms with Crippen molar-refractivity contribution in [1.82, 2.24) is 10.3 Å². The quantitative estimate of drug-likeness (QED) is 0.906. The van der Waals surface area contributed by atoms with Crippen LogP contribution in [-0.2, 0) is 6.54 Å². The molecule has 2 aromatic rings. The number of benzene rings is 1. The molecule has 0 bridgehead atoms. The number of rotatable bonds is 3. The van der Waals surface area contributed by atoms with Gasteiger partial charge in [0.1, 0.15) is 5.75 Å². The number of aromatic nitrogens is 1. The van der Waals surface area contributed by atoms with Gasteiger partial charge < -0.3 is 10.1 Å². The molecule has 1 atom stereocenters. The summed E-state index contributed by atoms with van der Waals surface area (Å²) in [5, 5.41) is 3.67. The monoisotopic (exact) mass is 346 g/mol. The van der Waals surface area contributed by atoms with Crippen molar-refractivity contribution >= 4 is 15.9 Å². The third kappa shape index (κ3) is 3.44. The van der Waals surface area contributed by atoms with Crippen LogP contribution in [0.4, 0.5) is 0 Å². The van der Waals surface area contributed by atoms with Gasteiger partial charge in [-0.15, -0.1) is 0 Å². The average molecular weight is 347 g/mol. The Kier molecular flexibility index (Phi) is 4.56. The highest BCUT2D eigenvalue weighted by Gasteiger charge is 2.19. The number of hydrogen-bond acceptors (Lipinski definition) is 3. The number of hydrogen-bond donors (Lipinski definition) is 1. The molecule has 1 aliphatic heterocycles. The number of pyridine rings is 1. The third-order valence-electron chi connectivity index (χ3n) is 3.92. The van der Waals surface area contributed by atoms with Crippen LogP contribution in [-0.4, -0.2) is 11.6 Å². The Morgan fingerprint density at radius 1 is 1.38 bits per heavy atom. The zero-order valence-corrected chi connectivity index (χ0v) is 13.7. The van der Waals surface area contributed by atoms with Crippen LogP contribution < -0.4 is 10.1 Å². The van der Waals surface area contributed by atoms with Gasteiger partial charge in [0.05, 0.1) is 6.61 Å². The standard InChI is InChI=1S/C17H19BrN2O/c1-12-10-19-7-6-13(12)11-20-16-3-2-8-21-17-9-14(18)4-5-15(16)17/h4-7,9-10,16,20H,2-3,8,11H2,1H3. The first kappa shape index (κ1) is 14.5. The molecule has 1 aliphatic rings. The third-order valence-corrected chi connectivity index (χ3v) is 4.41. The molecule has 0 saturated heterocycles. The van der Waals surface area contributed by atoms with Crippen molar-refractivity contribution in [3.05, 3.63) is 57.8 Å². The molecule has 110 valence electrons. The van der Waals surface area contributed by atoms with E-state index in [1.54, 1.807) is 0 Å². The van der Waals surface area contributed by atoms with Crippen LogP contribution in [0.5, 0.6) is 5.75 Å². The van der Waals surface area contributed by atoms with E-state index in [4.69, 9.17) is 4.74 Å². The van der Waals surface area contributed by atoms with Crippen molar-refractivity contribution in [2.24, 2.45) is 0 Å². The molecular formula is C17H19BrN2O. The molecule has 4 heteroatoms. The molecule has 1 unspecified atom stereocenters. The zero-order valence-electron chi connectivity index (χ0n) is 12.1. The van der Waals surface area contributed by atoms with E-state index in [1.807, 2.05) is 12.4 Å². The zero-order chi connectivity index (χ0) is 14.7. The van der Waals surface area contributed by atoms with Crippen molar-refractivity contribution in [2.75, 3.05) is 6.61 Å². The fourth-order valence-electron chi connectivity index (χ4n) is 2.69. The van der Waals surface area contributed by atoms with E-state index in [0.717, 1.165) is 36.2 Å². The number of nitrogens with zero attached hydrogens (tertiary/aromatic N) is 1. The van der Waals surface area contributed by atoms with Gasteiger partial charge in [-0.1, -0.05) is 22.0 Å². The van der Waals surface area contributed by atoms with Crippen LogP contribution in [0, 0.1) is 6.92 Å². The summed E-state index contributed by atoms with van der Waals surface area (Å²) in [6.45, 7) is 3.75. The van der Waals surface area contributed by atoms with Gasteiger partial charge in [-0.25, -0.2) is 0 Å². The fraction of sp³-hybridized carbons (Fsp3) is 0.353. The number of ether oxygens (including phenoxy) is 1. The molecule has 3 rings (SSSR count). The maximum atomic E-state index is 5.86. The highest BCUT2D eigenvalue weighted by atomic mass is 79.9. The van der Waals surface area contributed by atoms with Crippen molar-refractivity contribution in [2.45, 2.75) is 32.4 Å². The summed E-state index contributed by atoms with van der Waals surface area (Å²) >= 11 is 3.51. The Hall–Kier alpha value is -1.39. The molecular weight excluding hydrogens is 328 g/mol. The Morgan fingerprint density at radius 2 is 2.29 bits per heavy atom. The van der Waals surface area contributed by atoms with Gasteiger partial charge >= 0.3 is 0 Å². The first-order chi connectivity index (χ1) is 10.2. The van der Waals surface area contributed by atoms with E-state index in [1.165, 1.54) is 16.7 Å². The van der Waals surface area contributed by atoms with Gasteiger partial charge in [0.2, 0.25) is 0 Å². The molecule has 0 spiro atoms. The average Bonchev–Trinajstić information content (AvgIpc) is 2.68. The van der Waals surface area contributed by atoms with Crippen molar-refractivity contribution in [3.8, 4) is 5.75 Å². The van der Waals surface area contributed by atoms with Crippen LogP contribution in [0.1, 0.15) is 35.6 Å². The van der Waals surface area contributed by atoms with Crippen LogP contribution in [0.3, 0.4) is 0 Å². The Morgan fingerprint density at radius 3 is 3.14 bits per heavy atom. The van der Waals surface area contributed by atoms with Crippen LogP contribution in [0.15, 0.2) is 41.1 Å². The number of fused-ring (bicyclic) bond motifs is 1. The summed E-state index contributed by atoms with van der Waals surface area (Å²) in [6, 6.07) is 8.72. The lowest BCUT2D eigenvalue weighted by atomic mass is 10.0. The first-order valence-corrected chi connectivity index (χ1v) is 8.08. The van der Waals surface area contributed by atoms with E-state index in [9.17, 15) is 0 Å². The van der Waals surface area contributed by atoms with Gasteiger partial charge in [0.15, 0.2) is 0 Å². The van der Waals surface area contributed by atoms with Gasteiger partial charge in [0.25, 0.3) is 0 Å².